The summed E-state index contributed by atoms with van der Waals surface area (Å²) in [4.78, 5) is 12.4. The SMILES string of the molecule is CC(C)(C(=O)N[C@@H]1CCCNC1)c1ccccc1.Cl. The summed E-state index contributed by atoms with van der Waals surface area (Å²) in [7, 11) is 0. The highest BCUT2D eigenvalue weighted by Crippen LogP contribution is 2.23. The van der Waals surface area contributed by atoms with E-state index in [2.05, 4.69) is 10.6 Å². The molecule has 4 heteroatoms. The van der Waals surface area contributed by atoms with Gasteiger partial charge < -0.3 is 10.6 Å². The van der Waals surface area contributed by atoms with Crippen molar-refractivity contribution in [1.82, 2.24) is 10.6 Å². The first-order valence-electron chi connectivity index (χ1n) is 6.68. The first-order valence-corrected chi connectivity index (χ1v) is 6.68. The average Bonchev–Trinajstić information content (AvgIpc) is 2.41. The van der Waals surface area contributed by atoms with E-state index < -0.39 is 5.41 Å². The third-order valence-electron chi connectivity index (χ3n) is 3.70. The van der Waals surface area contributed by atoms with Crippen LogP contribution in [-0.4, -0.2) is 25.0 Å². The smallest absolute Gasteiger partial charge is 0.230 e. The number of piperidine rings is 1. The van der Waals surface area contributed by atoms with Gasteiger partial charge in [0.05, 0.1) is 5.41 Å². The van der Waals surface area contributed by atoms with Crippen LogP contribution in [0.2, 0.25) is 0 Å². The van der Waals surface area contributed by atoms with E-state index in [0.29, 0.717) is 0 Å². The number of rotatable bonds is 3. The standard InChI is InChI=1S/C15H22N2O.ClH/c1-15(2,12-7-4-3-5-8-12)14(18)17-13-9-6-10-16-11-13;/h3-5,7-8,13,16H,6,9-11H2,1-2H3,(H,17,18);1H/t13-;/m1./s1. The maximum absolute atomic E-state index is 12.4. The van der Waals surface area contributed by atoms with E-state index in [1.54, 1.807) is 0 Å². The molecule has 1 saturated heterocycles. The summed E-state index contributed by atoms with van der Waals surface area (Å²) in [6.45, 7) is 5.91. The van der Waals surface area contributed by atoms with Crippen molar-refractivity contribution >= 4 is 18.3 Å². The van der Waals surface area contributed by atoms with Gasteiger partial charge in [-0.15, -0.1) is 12.4 Å². The predicted molar refractivity (Wildman–Crippen MR) is 80.8 cm³/mol. The molecule has 0 radical (unpaired) electrons. The Morgan fingerprint density at radius 3 is 2.58 bits per heavy atom. The largest absolute Gasteiger partial charge is 0.351 e. The first-order chi connectivity index (χ1) is 8.60. The number of nitrogens with one attached hydrogen (secondary N) is 2. The topological polar surface area (TPSA) is 41.1 Å². The molecule has 0 aromatic heterocycles. The molecule has 1 heterocycles. The van der Waals surface area contributed by atoms with Gasteiger partial charge in [0.25, 0.3) is 0 Å². The van der Waals surface area contributed by atoms with E-state index in [4.69, 9.17) is 0 Å². The minimum absolute atomic E-state index is 0. The number of carbonyl (C=O) groups is 1. The lowest BCUT2D eigenvalue weighted by atomic mass is 9.83. The summed E-state index contributed by atoms with van der Waals surface area (Å²) in [5.74, 6) is 0.113. The molecule has 1 aliphatic rings. The van der Waals surface area contributed by atoms with Gasteiger partial charge >= 0.3 is 0 Å². The molecule has 1 amide bonds. The summed E-state index contributed by atoms with van der Waals surface area (Å²) in [6.07, 6.45) is 2.21. The monoisotopic (exact) mass is 282 g/mol. The van der Waals surface area contributed by atoms with Crippen LogP contribution in [0.25, 0.3) is 0 Å². The van der Waals surface area contributed by atoms with Crippen LogP contribution in [0.5, 0.6) is 0 Å². The molecule has 1 aromatic rings. The zero-order chi connectivity index (χ0) is 13.0. The fraction of sp³-hybridized carbons (Fsp3) is 0.533. The number of benzene rings is 1. The highest BCUT2D eigenvalue weighted by atomic mass is 35.5. The van der Waals surface area contributed by atoms with Crippen LogP contribution < -0.4 is 10.6 Å². The molecule has 0 saturated carbocycles. The molecule has 2 N–H and O–H groups in total. The highest BCUT2D eigenvalue weighted by molar-refractivity contribution is 5.87. The molecule has 1 atom stereocenters. The van der Waals surface area contributed by atoms with Crippen molar-refractivity contribution in [2.24, 2.45) is 0 Å². The number of hydrogen-bond donors (Lipinski definition) is 2. The van der Waals surface area contributed by atoms with E-state index in [1.165, 1.54) is 0 Å². The third-order valence-corrected chi connectivity index (χ3v) is 3.70. The molecule has 2 rings (SSSR count). The van der Waals surface area contributed by atoms with Crippen molar-refractivity contribution < 1.29 is 4.79 Å². The van der Waals surface area contributed by atoms with Crippen LogP contribution >= 0.6 is 12.4 Å². The third kappa shape index (κ3) is 3.95. The maximum atomic E-state index is 12.4. The Hall–Kier alpha value is -1.06. The van der Waals surface area contributed by atoms with Crippen LogP contribution in [-0.2, 0) is 10.2 Å². The second-order valence-electron chi connectivity index (χ2n) is 5.51. The van der Waals surface area contributed by atoms with E-state index in [1.807, 2.05) is 44.2 Å². The number of carbonyl (C=O) groups excluding carboxylic acids is 1. The quantitative estimate of drug-likeness (QED) is 0.893. The highest BCUT2D eigenvalue weighted by Gasteiger charge is 2.31. The van der Waals surface area contributed by atoms with Crippen LogP contribution in [0.1, 0.15) is 32.3 Å². The Kier molecular flexibility index (Phi) is 5.83. The minimum Gasteiger partial charge on any atom is -0.351 e. The summed E-state index contributed by atoms with van der Waals surface area (Å²) in [6, 6.07) is 10.2. The molecule has 1 fully saturated rings. The van der Waals surface area contributed by atoms with Gasteiger partial charge in [0.1, 0.15) is 0 Å². The molecule has 0 spiro atoms. The first kappa shape index (κ1) is 16.0. The van der Waals surface area contributed by atoms with Crippen molar-refractivity contribution in [2.45, 2.75) is 38.1 Å². The maximum Gasteiger partial charge on any atom is 0.230 e. The van der Waals surface area contributed by atoms with Gasteiger partial charge in [-0.2, -0.15) is 0 Å². The molecular weight excluding hydrogens is 260 g/mol. The molecule has 0 unspecified atom stereocenters. The molecule has 3 nitrogen and oxygen atoms in total. The van der Waals surface area contributed by atoms with Crippen molar-refractivity contribution in [3.8, 4) is 0 Å². The molecular formula is C15H23ClN2O. The zero-order valence-corrected chi connectivity index (χ0v) is 12.4. The minimum atomic E-state index is -0.474. The van der Waals surface area contributed by atoms with Crippen LogP contribution in [0.3, 0.4) is 0 Å². The van der Waals surface area contributed by atoms with Gasteiger partial charge in [-0.25, -0.2) is 0 Å². The molecule has 0 aliphatic carbocycles. The van der Waals surface area contributed by atoms with Crippen molar-refractivity contribution in [3.05, 3.63) is 35.9 Å². The predicted octanol–water partition coefficient (Wildman–Crippen LogP) is 2.25. The number of halogens is 1. The summed E-state index contributed by atoms with van der Waals surface area (Å²) < 4.78 is 0. The van der Waals surface area contributed by atoms with Crippen molar-refractivity contribution in [3.63, 3.8) is 0 Å². The normalized spacial score (nSPS) is 19.4. The second kappa shape index (κ2) is 6.92. The van der Waals surface area contributed by atoms with E-state index in [9.17, 15) is 4.79 Å². The number of hydrogen-bond acceptors (Lipinski definition) is 2. The van der Waals surface area contributed by atoms with Crippen molar-refractivity contribution in [2.75, 3.05) is 13.1 Å². The van der Waals surface area contributed by atoms with E-state index >= 15 is 0 Å². The van der Waals surface area contributed by atoms with Gasteiger partial charge in [0.15, 0.2) is 0 Å². The van der Waals surface area contributed by atoms with Gasteiger partial charge in [0, 0.05) is 12.6 Å². The Labute approximate surface area is 121 Å². The van der Waals surface area contributed by atoms with Gasteiger partial charge in [-0.05, 0) is 38.8 Å². The van der Waals surface area contributed by atoms with E-state index in [0.717, 1.165) is 31.5 Å². The lowest BCUT2D eigenvalue weighted by Gasteiger charge is -2.30. The summed E-state index contributed by atoms with van der Waals surface area (Å²) in [5, 5.41) is 6.47. The van der Waals surface area contributed by atoms with Crippen LogP contribution in [0.15, 0.2) is 30.3 Å². The van der Waals surface area contributed by atoms with Crippen molar-refractivity contribution in [1.29, 1.82) is 0 Å². The Bertz CT molecular complexity index is 400. The Morgan fingerprint density at radius 2 is 2.00 bits per heavy atom. The Balaban J connectivity index is 0.00000180. The molecule has 0 bridgehead atoms. The van der Waals surface area contributed by atoms with Gasteiger partial charge in [-0.1, -0.05) is 30.3 Å². The average molecular weight is 283 g/mol. The van der Waals surface area contributed by atoms with Gasteiger partial charge in [0.2, 0.25) is 5.91 Å². The zero-order valence-electron chi connectivity index (χ0n) is 11.6. The fourth-order valence-electron chi connectivity index (χ4n) is 2.33. The molecule has 1 aliphatic heterocycles. The fourth-order valence-corrected chi connectivity index (χ4v) is 2.33. The molecule has 19 heavy (non-hydrogen) atoms. The van der Waals surface area contributed by atoms with Crippen LogP contribution in [0, 0.1) is 0 Å². The summed E-state index contributed by atoms with van der Waals surface area (Å²) >= 11 is 0. The van der Waals surface area contributed by atoms with E-state index in [-0.39, 0.29) is 24.4 Å². The molecule has 1 aromatic carbocycles. The summed E-state index contributed by atoms with van der Waals surface area (Å²) in [5.41, 5.74) is 0.588. The van der Waals surface area contributed by atoms with Gasteiger partial charge in [-0.3, -0.25) is 4.79 Å². The number of amides is 1. The van der Waals surface area contributed by atoms with Crippen LogP contribution in [0.4, 0.5) is 0 Å². The Morgan fingerprint density at radius 1 is 1.32 bits per heavy atom. The second-order valence-corrected chi connectivity index (χ2v) is 5.51. The molecule has 106 valence electrons. The lowest BCUT2D eigenvalue weighted by molar-refractivity contribution is -0.126. The lowest BCUT2D eigenvalue weighted by Crippen LogP contribution is -2.50.